The lowest BCUT2D eigenvalue weighted by molar-refractivity contribution is -0.199. The Hall–Kier alpha value is -6.69. The number of piperazine rings is 1. The van der Waals surface area contributed by atoms with Crippen LogP contribution in [0.2, 0.25) is 0 Å². The number of benzene rings is 2. The summed E-state index contributed by atoms with van der Waals surface area (Å²) in [6.45, 7) is 15.7. The van der Waals surface area contributed by atoms with Gasteiger partial charge in [-0.05, 0) is 40.2 Å². The molecule has 2 aromatic heterocycles. The number of rotatable bonds is 9. The number of nitrogens with zero attached hydrogens (tertiary/aromatic N) is 5. The monoisotopic (exact) mass is 1060 g/mol. The number of aromatic hydroxyl groups is 3. The summed E-state index contributed by atoms with van der Waals surface area (Å²) < 4.78 is 47.5. The molecule has 2 aromatic carbocycles. The molecule has 1 amide bonds. The van der Waals surface area contributed by atoms with Crippen molar-refractivity contribution in [3.63, 3.8) is 0 Å². The Bertz CT molecular complexity index is 3060. The number of halogens is 1. The molecule has 1 saturated heterocycles. The first-order chi connectivity index (χ1) is 35.9. The van der Waals surface area contributed by atoms with E-state index in [2.05, 4.69) is 15.4 Å². The molecule has 5 bridgehead atoms. The minimum Gasteiger partial charge on any atom is -0.507 e. The maximum atomic E-state index is 15.7. The van der Waals surface area contributed by atoms with Crippen molar-refractivity contribution in [2.24, 2.45) is 28.8 Å². The van der Waals surface area contributed by atoms with Crippen molar-refractivity contribution in [3.8, 4) is 23.0 Å². The number of Topliss-reactive ketones (excluding diaryl/α,β-unsaturated/α-hetero) is 1. The van der Waals surface area contributed by atoms with Gasteiger partial charge in [0.1, 0.15) is 28.5 Å². The van der Waals surface area contributed by atoms with Gasteiger partial charge in [0.15, 0.2) is 23.7 Å². The fourth-order valence-electron chi connectivity index (χ4n) is 10.3. The number of aromatic carboxylic acids is 1. The third-order valence-electron chi connectivity index (χ3n) is 15.2. The Balaban J connectivity index is 1.28. The van der Waals surface area contributed by atoms with E-state index in [1.807, 2.05) is 13.8 Å². The van der Waals surface area contributed by atoms with Crippen molar-refractivity contribution in [1.29, 1.82) is 0 Å². The molecule has 4 aliphatic heterocycles. The molecule has 4 aromatic rings. The van der Waals surface area contributed by atoms with E-state index >= 15 is 4.39 Å². The van der Waals surface area contributed by atoms with E-state index in [0.717, 1.165) is 6.07 Å². The number of hydrogen-bond acceptors (Lipinski definition) is 18. The molecule has 0 saturated carbocycles. The highest BCUT2D eigenvalue weighted by atomic mass is 19.1. The van der Waals surface area contributed by atoms with Gasteiger partial charge in [0.25, 0.3) is 11.7 Å². The molecule has 1 fully saturated rings. The van der Waals surface area contributed by atoms with Crippen LogP contribution in [0.1, 0.15) is 93.7 Å². The number of anilines is 2. The van der Waals surface area contributed by atoms with Crippen LogP contribution < -0.4 is 20.4 Å². The number of nitrogens with one attached hydrogen (secondary N) is 1. The van der Waals surface area contributed by atoms with Gasteiger partial charge in [-0.2, -0.15) is 5.10 Å². The Morgan fingerprint density at radius 2 is 1.68 bits per heavy atom. The number of ether oxygens (including phenoxy) is 5. The van der Waals surface area contributed by atoms with Crippen LogP contribution in [-0.2, 0) is 30.3 Å². The van der Waals surface area contributed by atoms with Crippen molar-refractivity contribution in [2.45, 2.75) is 112 Å². The number of allylic oxidation sites excluding steroid dienone is 2. The minimum absolute atomic E-state index is 0.0234. The van der Waals surface area contributed by atoms with E-state index in [-0.39, 0.29) is 107 Å². The number of ketones is 1. The first-order valence-electron chi connectivity index (χ1n) is 25.3. The lowest BCUT2D eigenvalue weighted by Gasteiger charge is -2.40. The van der Waals surface area contributed by atoms with Crippen molar-refractivity contribution in [2.75, 3.05) is 57.2 Å². The van der Waals surface area contributed by atoms with Gasteiger partial charge in [0.2, 0.25) is 11.2 Å². The lowest BCUT2D eigenvalue weighted by atomic mass is 9.78. The van der Waals surface area contributed by atoms with Gasteiger partial charge in [-0.3, -0.25) is 19.4 Å². The number of carboxylic acid groups (broad SMARTS) is 1. The molecular formula is C54H69FN6O15. The van der Waals surface area contributed by atoms with E-state index in [1.54, 1.807) is 49.8 Å². The zero-order chi connectivity index (χ0) is 55.8. The summed E-state index contributed by atoms with van der Waals surface area (Å²) in [5, 5.41) is 77.2. The number of fused-ring (bicyclic) bond motifs is 16. The smallest absolute Gasteiger partial charge is 0.341 e. The summed E-state index contributed by atoms with van der Waals surface area (Å²) in [4.78, 5) is 59.6. The van der Waals surface area contributed by atoms with Crippen molar-refractivity contribution < 1.29 is 73.1 Å². The standard InChI is InChI=1S/C54H69FN6O15/c1-12-59-24-34(53(70)71)44(65)32-22-35(55)51(58-50(32)59)60-17-19-61(20-18-60)56-23-33-40-46(67)38-37(45(33)66)39-48(30(7)43(38)64)76-54(9,49(39)68)74-21-16-36(73-11)27(4)47(75-31(8)72-10)29(6)42(63)28(5)41(62)25(2)14-13-15-26(3)52(69)57-40/h13-15,22-25,27-29,31,36,41-42,47,62-64,66-67H,12,16-21H2,1-11H3,(H,57,69)(H,70,71)/b14-13+,26-15-,56-23+/t25-,27+,28+,29+,31?,36-,41-,42+,47+,54-/m0/s1. The van der Waals surface area contributed by atoms with Gasteiger partial charge in [-0.1, -0.05) is 45.9 Å². The molecule has 0 aliphatic carbocycles. The number of aliphatic hydroxyl groups is 2. The second-order valence-electron chi connectivity index (χ2n) is 20.0. The van der Waals surface area contributed by atoms with Crippen LogP contribution in [0, 0.1) is 36.4 Å². The van der Waals surface area contributed by atoms with Gasteiger partial charge >= 0.3 is 5.97 Å². The summed E-state index contributed by atoms with van der Waals surface area (Å²) in [5.41, 5.74) is -1.99. The zero-order valence-corrected chi connectivity index (χ0v) is 44.6. The largest absolute Gasteiger partial charge is 0.507 e. The van der Waals surface area contributed by atoms with Gasteiger partial charge in [-0.25, -0.2) is 14.2 Å². The van der Waals surface area contributed by atoms with Gasteiger partial charge in [-0.15, -0.1) is 0 Å². The quantitative estimate of drug-likeness (QED) is 0.0451. The Labute approximate surface area is 438 Å². The Morgan fingerprint density at radius 1 is 1.00 bits per heavy atom. The fourth-order valence-corrected chi connectivity index (χ4v) is 10.3. The number of aryl methyl sites for hydroxylation is 1. The molecule has 21 nitrogen and oxygen atoms in total. The summed E-state index contributed by atoms with van der Waals surface area (Å²) in [6.07, 6.45) is 3.21. The van der Waals surface area contributed by atoms with Crippen LogP contribution in [-0.4, -0.2) is 153 Å². The molecule has 4 aliphatic rings. The van der Waals surface area contributed by atoms with Crippen molar-refractivity contribution in [1.82, 2.24) is 14.6 Å². The molecule has 412 valence electrons. The maximum absolute atomic E-state index is 15.7. The number of aromatic nitrogens is 2. The third-order valence-corrected chi connectivity index (χ3v) is 15.2. The molecule has 0 spiro atoms. The average Bonchev–Trinajstić information content (AvgIpc) is 3.76. The Morgan fingerprint density at radius 3 is 2.32 bits per heavy atom. The number of aliphatic hydroxyl groups excluding tert-OH is 2. The van der Waals surface area contributed by atoms with Crippen molar-refractivity contribution >= 4 is 57.2 Å². The van der Waals surface area contributed by atoms with Crippen LogP contribution in [0.25, 0.3) is 21.8 Å². The van der Waals surface area contributed by atoms with E-state index in [4.69, 9.17) is 23.7 Å². The number of phenols is 3. The molecule has 76 heavy (non-hydrogen) atoms. The molecule has 10 atom stereocenters. The number of carbonyl (C=O) groups is 3. The number of carbonyl (C=O) groups excluding carboxylic acids is 2. The van der Waals surface area contributed by atoms with Gasteiger partial charge in [0.05, 0.1) is 77.9 Å². The first kappa shape index (κ1) is 57.0. The fraction of sp³-hybridized carbons (Fsp3) is 0.519. The zero-order valence-electron chi connectivity index (χ0n) is 44.6. The van der Waals surface area contributed by atoms with Crippen LogP contribution in [0.15, 0.2) is 46.0 Å². The first-order valence-corrected chi connectivity index (χ1v) is 25.3. The molecular weight excluding hydrogens is 992 g/mol. The molecule has 6 heterocycles. The molecule has 1 unspecified atom stereocenters. The Kier molecular flexibility index (Phi) is 17.2. The molecule has 7 N–H and O–H groups in total. The molecule has 22 heteroatoms. The maximum Gasteiger partial charge on any atom is 0.341 e. The lowest BCUT2D eigenvalue weighted by Crippen LogP contribution is -2.47. The van der Waals surface area contributed by atoms with Gasteiger partial charge < -0.3 is 69.1 Å². The number of amides is 1. The number of carboxylic acids is 1. The van der Waals surface area contributed by atoms with E-state index in [1.165, 1.54) is 58.0 Å². The highest BCUT2D eigenvalue weighted by Crippen LogP contribution is 2.55. The van der Waals surface area contributed by atoms with Crippen LogP contribution in [0.3, 0.4) is 0 Å². The predicted octanol–water partition coefficient (Wildman–Crippen LogP) is 5.80. The number of phenolic OH excluding ortho intramolecular Hbond substituents is 3. The topological polar surface area (TPSA) is 284 Å². The second kappa shape index (κ2) is 22.9. The summed E-state index contributed by atoms with van der Waals surface area (Å²) in [6, 6.07) is 0.981. The highest BCUT2D eigenvalue weighted by molar-refractivity contribution is 6.24. The van der Waals surface area contributed by atoms with E-state index < -0.39 is 112 Å². The number of hydrazone groups is 1. The molecule has 0 radical (unpaired) electrons. The number of pyridine rings is 2. The second-order valence-corrected chi connectivity index (χ2v) is 20.0. The van der Waals surface area contributed by atoms with Crippen molar-refractivity contribution in [3.05, 3.63) is 74.4 Å². The molecule has 8 rings (SSSR count). The average molecular weight is 1060 g/mol. The third kappa shape index (κ3) is 10.7. The van der Waals surface area contributed by atoms with E-state index in [9.17, 15) is 49.8 Å². The van der Waals surface area contributed by atoms with Crippen LogP contribution >= 0.6 is 0 Å². The summed E-state index contributed by atoms with van der Waals surface area (Å²) in [5.74, 6) is -10.1. The normalized spacial score (nSPS) is 27.7. The summed E-state index contributed by atoms with van der Waals surface area (Å²) >= 11 is 0. The highest BCUT2D eigenvalue weighted by Gasteiger charge is 2.49. The number of methoxy groups -OCH3 is 2. The van der Waals surface area contributed by atoms with Gasteiger partial charge in [0, 0.05) is 87.2 Å². The van der Waals surface area contributed by atoms with Crippen LogP contribution in [0.5, 0.6) is 23.0 Å². The predicted molar refractivity (Wildman–Crippen MR) is 280 cm³/mol. The van der Waals surface area contributed by atoms with E-state index in [0.29, 0.717) is 0 Å². The van der Waals surface area contributed by atoms with Crippen LogP contribution in [0.4, 0.5) is 15.9 Å². The summed E-state index contributed by atoms with van der Waals surface area (Å²) in [7, 11) is 3.01. The number of hydrogen-bond donors (Lipinski definition) is 7. The SMILES string of the molecule is CCn1cc(C(=O)O)c(=O)c2cc(F)c(N3CCN(/N=C/c4c5c(O)c6c(O)c(C)c7c(c6c4O)C(=O)[C@@](C)(OCC[C@H](OC)[C@@H](C)[C@@H](OC(C)OC)[C@H](C)[C@H](O)[C@H](C)[C@@H](O)[C@@H](C)/C=C/C=C(/C)C(=O)N5)O7)CC3)nc21. The minimum atomic E-state index is -2.03.